The molecule has 0 saturated heterocycles. The lowest BCUT2D eigenvalue weighted by Gasteiger charge is -2.36. The average Bonchev–Trinajstić information content (AvgIpc) is 2.55. The van der Waals surface area contributed by atoms with Crippen LogP contribution in [0.3, 0.4) is 0 Å². The summed E-state index contributed by atoms with van der Waals surface area (Å²) < 4.78 is 12.6. The highest BCUT2D eigenvalue weighted by Gasteiger charge is 2.45. The minimum Gasteiger partial charge on any atom is -0.456 e. The van der Waals surface area contributed by atoms with Crippen LogP contribution in [-0.4, -0.2) is 16.7 Å². The van der Waals surface area contributed by atoms with E-state index < -0.39 is 0 Å². The summed E-state index contributed by atoms with van der Waals surface area (Å²) in [6, 6.07) is 6.07. The Morgan fingerprint density at radius 3 is 1.80 bits per heavy atom. The van der Waals surface area contributed by atoms with Gasteiger partial charge < -0.3 is 9.47 Å². The Hall–Kier alpha value is -2.82. The van der Waals surface area contributed by atoms with E-state index in [0.29, 0.717) is 0 Å². The van der Waals surface area contributed by atoms with Crippen molar-refractivity contribution < 1.29 is 9.47 Å². The number of pyridine rings is 2. The quantitative estimate of drug-likeness (QED) is 0.404. The highest BCUT2D eigenvalue weighted by atomic mass is 16.5. The standard InChI is InChI=1S/C20H13BN2O2/c1-2-14-16-15(3-1)25-18-13-7-5-11(13)9-23-20(18)21(16)19-17(24-14)12-6-4-10(12)8-22-19/h1-3,8-9H,4-7H2. The molecule has 0 atom stereocenters. The van der Waals surface area contributed by atoms with Crippen LogP contribution in [0.5, 0.6) is 23.0 Å². The molecule has 4 nitrogen and oxygen atoms in total. The second-order valence-electron chi connectivity index (χ2n) is 7.26. The highest BCUT2D eigenvalue weighted by molar-refractivity contribution is 6.97. The van der Waals surface area contributed by atoms with Gasteiger partial charge in [0.1, 0.15) is 23.0 Å². The SMILES string of the molecule is c1cc2c3c(c1)Oc1c(ncc4c1CC4)B3c1ncc3c(c1O2)CC3. The summed E-state index contributed by atoms with van der Waals surface area (Å²) >= 11 is 0. The molecule has 4 aliphatic rings. The van der Waals surface area contributed by atoms with Gasteiger partial charge in [0.25, 0.3) is 0 Å². The second-order valence-corrected chi connectivity index (χ2v) is 7.26. The Kier molecular flexibility index (Phi) is 2.03. The Balaban J connectivity index is 1.58. The summed E-state index contributed by atoms with van der Waals surface area (Å²) in [5, 5.41) is 0. The minimum atomic E-state index is 0.00972. The zero-order valence-electron chi connectivity index (χ0n) is 13.5. The van der Waals surface area contributed by atoms with Crippen molar-refractivity contribution in [2.24, 2.45) is 0 Å². The molecule has 7 rings (SSSR count). The molecule has 2 aromatic heterocycles. The smallest absolute Gasteiger partial charge is 0.307 e. The molecule has 118 valence electrons. The lowest BCUT2D eigenvalue weighted by Crippen LogP contribution is -2.60. The van der Waals surface area contributed by atoms with Crippen LogP contribution in [0, 0.1) is 0 Å². The van der Waals surface area contributed by atoms with Crippen molar-refractivity contribution in [1.29, 1.82) is 0 Å². The summed E-state index contributed by atoms with van der Waals surface area (Å²) in [4.78, 5) is 9.61. The van der Waals surface area contributed by atoms with Crippen LogP contribution < -0.4 is 26.1 Å². The molecule has 2 aliphatic carbocycles. The fraction of sp³-hybridized carbons (Fsp3) is 0.200. The van der Waals surface area contributed by atoms with Crippen LogP contribution in [0.15, 0.2) is 30.6 Å². The molecule has 4 heterocycles. The molecule has 2 aliphatic heterocycles. The summed E-state index contributed by atoms with van der Waals surface area (Å²) in [6.07, 6.45) is 8.38. The van der Waals surface area contributed by atoms with Gasteiger partial charge in [-0.3, -0.25) is 9.97 Å². The van der Waals surface area contributed by atoms with Gasteiger partial charge in [0.05, 0.1) is 11.2 Å². The summed E-state index contributed by atoms with van der Waals surface area (Å²) in [5.41, 5.74) is 8.33. The van der Waals surface area contributed by atoms with Crippen molar-refractivity contribution in [2.45, 2.75) is 25.7 Å². The number of nitrogens with zero attached hydrogens (tertiary/aromatic N) is 2. The summed E-state index contributed by atoms with van der Waals surface area (Å²) in [7, 11) is 0. The molecular weight excluding hydrogens is 311 g/mol. The Morgan fingerprint density at radius 2 is 1.32 bits per heavy atom. The van der Waals surface area contributed by atoms with E-state index in [-0.39, 0.29) is 6.71 Å². The van der Waals surface area contributed by atoms with E-state index in [1.54, 1.807) is 0 Å². The lowest BCUT2D eigenvalue weighted by molar-refractivity contribution is 0.450. The largest absolute Gasteiger partial charge is 0.456 e. The van der Waals surface area contributed by atoms with E-state index >= 15 is 0 Å². The van der Waals surface area contributed by atoms with Gasteiger partial charge in [-0.1, -0.05) is 6.07 Å². The van der Waals surface area contributed by atoms with Crippen molar-refractivity contribution in [3.63, 3.8) is 0 Å². The zero-order chi connectivity index (χ0) is 16.1. The fourth-order valence-corrected chi connectivity index (χ4v) is 4.56. The first kappa shape index (κ1) is 12.5. The number of aryl methyl sites for hydroxylation is 2. The van der Waals surface area contributed by atoms with Crippen molar-refractivity contribution >= 4 is 23.4 Å². The van der Waals surface area contributed by atoms with Crippen LogP contribution in [0.4, 0.5) is 0 Å². The summed E-state index contributed by atoms with van der Waals surface area (Å²) in [5.74, 6) is 3.67. The van der Waals surface area contributed by atoms with Gasteiger partial charge in [-0.05, 0) is 48.9 Å². The second kappa shape index (κ2) is 4.05. The van der Waals surface area contributed by atoms with Gasteiger partial charge in [-0.2, -0.15) is 0 Å². The third-order valence-corrected chi connectivity index (χ3v) is 6.08. The van der Waals surface area contributed by atoms with Gasteiger partial charge in [0.2, 0.25) is 0 Å². The maximum Gasteiger partial charge on any atom is 0.307 e. The number of benzene rings is 1. The van der Waals surface area contributed by atoms with Crippen LogP contribution in [-0.2, 0) is 25.7 Å². The van der Waals surface area contributed by atoms with E-state index in [9.17, 15) is 0 Å². The minimum absolute atomic E-state index is 0.00972. The first-order valence-electron chi connectivity index (χ1n) is 8.88. The van der Waals surface area contributed by atoms with E-state index in [2.05, 4.69) is 0 Å². The number of rotatable bonds is 0. The molecule has 25 heavy (non-hydrogen) atoms. The highest BCUT2D eigenvalue weighted by Crippen LogP contribution is 2.40. The molecule has 0 N–H and O–H groups in total. The Bertz CT molecular complexity index is 1040. The predicted octanol–water partition coefficient (Wildman–Crippen LogP) is 1.40. The third-order valence-electron chi connectivity index (χ3n) is 6.08. The molecule has 1 aromatic carbocycles. The molecule has 0 amide bonds. The Morgan fingerprint density at radius 1 is 0.760 bits per heavy atom. The van der Waals surface area contributed by atoms with Crippen LogP contribution in [0.1, 0.15) is 22.3 Å². The van der Waals surface area contributed by atoms with Gasteiger partial charge >= 0.3 is 6.71 Å². The number of fused-ring (bicyclic) bond motifs is 8. The number of aromatic nitrogens is 2. The topological polar surface area (TPSA) is 44.2 Å². The predicted molar refractivity (Wildman–Crippen MR) is 94.5 cm³/mol. The first-order chi connectivity index (χ1) is 12.4. The molecule has 0 fully saturated rings. The van der Waals surface area contributed by atoms with E-state index in [4.69, 9.17) is 19.4 Å². The van der Waals surface area contributed by atoms with Crippen LogP contribution >= 0.6 is 0 Å². The normalized spacial score (nSPS) is 16.7. The van der Waals surface area contributed by atoms with Crippen LogP contribution in [0.25, 0.3) is 0 Å². The van der Waals surface area contributed by atoms with Gasteiger partial charge in [0.15, 0.2) is 0 Å². The molecule has 0 radical (unpaired) electrons. The van der Waals surface area contributed by atoms with Crippen molar-refractivity contribution in [3.05, 3.63) is 52.8 Å². The molecule has 0 unspecified atom stereocenters. The zero-order valence-corrected chi connectivity index (χ0v) is 13.5. The molecular formula is C20H13BN2O2. The van der Waals surface area contributed by atoms with Gasteiger partial charge in [-0.15, -0.1) is 0 Å². The monoisotopic (exact) mass is 324 g/mol. The maximum atomic E-state index is 6.30. The lowest BCUT2D eigenvalue weighted by atomic mass is 9.37. The van der Waals surface area contributed by atoms with Crippen LogP contribution in [0.2, 0.25) is 0 Å². The number of ether oxygens (including phenoxy) is 2. The van der Waals surface area contributed by atoms with E-state index in [0.717, 1.165) is 65.3 Å². The molecule has 0 bridgehead atoms. The molecule has 5 heteroatoms. The van der Waals surface area contributed by atoms with Crippen molar-refractivity contribution in [2.75, 3.05) is 0 Å². The van der Waals surface area contributed by atoms with Gasteiger partial charge in [-0.25, -0.2) is 0 Å². The van der Waals surface area contributed by atoms with Gasteiger partial charge in [0, 0.05) is 29.0 Å². The average molecular weight is 324 g/mol. The summed E-state index contributed by atoms with van der Waals surface area (Å²) in [6.45, 7) is 0.00972. The van der Waals surface area contributed by atoms with E-state index in [1.807, 2.05) is 30.6 Å². The molecule has 0 spiro atoms. The van der Waals surface area contributed by atoms with E-state index in [1.165, 1.54) is 22.3 Å². The number of hydrogen-bond acceptors (Lipinski definition) is 4. The Labute approximate surface area is 144 Å². The third kappa shape index (κ3) is 1.38. The molecule has 0 saturated carbocycles. The first-order valence-corrected chi connectivity index (χ1v) is 8.88. The van der Waals surface area contributed by atoms with Crippen molar-refractivity contribution in [1.82, 2.24) is 9.97 Å². The number of hydrogen-bond donors (Lipinski definition) is 0. The van der Waals surface area contributed by atoms with Crippen molar-refractivity contribution in [3.8, 4) is 23.0 Å². The maximum absolute atomic E-state index is 6.30. The fourth-order valence-electron chi connectivity index (χ4n) is 4.56. The molecule has 3 aromatic rings.